The Morgan fingerprint density at radius 3 is 2.42 bits per heavy atom. The number of non-ortho nitro benzene ring substituents is 1. The summed E-state index contributed by atoms with van der Waals surface area (Å²) >= 11 is 0. The molecule has 0 amide bonds. The van der Waals surface area contributed by atoms with Gasteiger partial charge in [-0.25, -0.2) is 4.99 Å². The average molecular weight is 424 g/mol. The molecule has 0 aliphatic carbocycles. The molecule has 1 saturated heterocycles. The van der Waals surface area contributed by atoms with E-state index in [0.29, 0.717) is 18.6 Å². The van der Waals surface area contributed by atoms with Gasteiger partial charge in [-0.15, -0.1) is 0 Å². The molecule has 1 aliphatic rings. The summed E-state index contributed by atoms with van der Waals surface area (Å²) in [5, 5.41) is 17.9. The predicted octanol–water partition coefficient (Wildman–Crippen LogP) is 4.09. The van der Waals surface area contributed by atoms with E-state index < -0.39 is 0 Å². The number of likely N-dealkylation sites (tertiary alicyclic amines) is 1. The van der Waals surface area contributed by atoms with E-state index in [-0.39, 0.29) is 10.6 Å². The van der Waals surface area contributed by atoms with Crippen LogP contribution in [-0.4, -0.2) is 41.0 Å². The maximum atomic E-state index is 10.8. The SMILES string of the molecule is CCC(C)NC(=NCc1ccc([N+](=O)[O-])cc1)NC1CCN(Cc2ccccc2)CC1. The number of nitrogens with one attached hydrogen (secondary N) is 2. The first kappa shape index (κ1) is 22.7. The normalized spacial score (nSPS) is 16.6. The Hall–Kier alpha value is -2.93. The van der Waals surface area contributed by atoms with E-state index in [1.807, 2.05) is 0 Å². The molecular formula is C24H33N5O2. The molecule has 0 spiro atoms. The first-order valence-corrected chi connectivity index (χ1v) is 11.1. The highest BCUT2D eigenvalue weighted by molar-refractivity contribution is 5.80. The van der Waals surface area contributed by atoms with Gasteiger partial charge in [-0.2, -0.15) is 0 Å². The lowest BCUT2D eigenvalue weighted by atomic mass is 10.0. The Labute approximate surface area is 184 Å². The largest absolute Gasteiger partial charge is 0.354 e. The number of rotatable bonds is 8. The van der Waals surface area contributed by atoms with Gasteiger partial charge in [-0.05, 0) is 37.3 Å². The molecule has 7 heteroatoms. The van der Waals surface area contributed by atoms with E-state index in [0.717, 1.165) is 50.4 Å². The summed E-state index contributed by atoms with van der Waals surface area (Å²) < 4.78 is 0. The second-order valence-corrected chi connectivity index (χ2v) is 8.22. The fourth-order valence-electron chi connectivity index (χ4n) is 3.63. The van der Waals surface area contributed by atoms with Gasteiger partial charge in [0.1, 0.15) is 0 Å². The molecule has 1 atom stereocenters. The molecule has 1 heterocycles. The number of piperidine rings is 1. The molecule has 166 valence electrons. The topological polar surface area (TPSA) is 82.8 Å². The van der Waals surface area contributed by atoms with Crippen molar-refractivity contribution in [1.29, 1.82) is 0 Å². The average Bonchev–Trinajstić information content (AvgIpc) is 2.79. The van der Waals surface area contributed by atoms with E-state index in [4.69, 9.17) is 4.99 Å². The summed E-state index contributed by atoms with van der Waals surface area (Å²) in [5.41, 5.74) is 2.41. The van der Waals surface area contributed by atoms with E-state index >= 15 is 0 Å². The lowest BCUT2D eigenvalue weighted by molar-refractivity contribution is -0.384. The van der Waals surface area contributed by atoms with Crippen LogP contribution in [0.4, 0.5) is 5.69 Å². The molecule has 3 rings (SSSR count). The first-order valence-electron chi connectivity index (χ1n) is 11.1. The standard InChI is InChI=1S/C24H33N5O2/c1-3-19(2)26-24(25-17-20-9-11-23(12-10-20)29(30)31)27-22-13-15-28(16-14-22)18-21-7-5-4-6-8-21/h4-12,19,22H,3,13-18H2,1-2H3,(H2,25,26,27). The quantitative estimate of drug-likeness (QED) is 0.289. The van der Waals surface area contributed by atoms with Crippen LogP contribution in [0.1, 0.15) is 44.2 Å². The van der Waals surface area contributed by atoms with Crippen LogP contribution in [0.2, 0.25) is 0 Å². The van der Waals surface area contributed by atoms with Gasteiger partial charge in [-0.1, -0.05) is 49.4 Å². The Balaban J connectivity index is 1.55. The molecule has 0 aromatic heterocycles. The van der Waals surface area contributed by atoms with Crippen molar-refractivity contribution < 1.29 is 4.92 Å². The third kappa shape index (κ3) is 7.36. The number of aliphatic imine (C=N–C) groups is 1. The van der Waals surface area contributed by atoms with E-state index in [9.17, 15) is 10.1 Å². The summed E-state index contributed by atoms with van der Waals surface area (Å²) in [6.45, 7) is 7.90. The lowest BCUT2D eigenvalue weighted by Crippen LogP contribution is -2.50. The van der Waals surface area contributed by atoms with Crippen molar-refractivity contribution in [2.24, 2.45) is 4.99 Å². The molecule has 31 heavy (non-hydrogen) atoms. The molecule has 7 nitrogen and oxygen atoms in total. The van der Waals surface area contributed by atoms with Crippen molar-refractivity contribution in [2.45, 2.75) is 58.3 Å². The number of nitro groups is 1. The van der Waals surface area contributed by atoms with Gasteiger partial charge < -0.3 is 10.6 Å². The van der Waals surface area contributed by atoms with Crippen molar-refractivity contribution in [3.63, 3.8) is 0 Å². The van der Waals surface area contributed by atoms with Gasteiger partial charge in [0.05, 0.1) is 11.5 Å². The lowest BCUT2D eigenvalue weighted by Gasteiger charge is -2.33. The molecule has 2 aromatic carbocycles. The van der Waals surface area contributed by atoms with Gasteiger partial charge in [0.2, 0.25) is 0 Å². The number of nitrogens with zero attached hydrogens (tertiary/aromatic N) is 3. The van der Waals surface area contributed by atoms with Crippen LogP contribution in [0.3, 0.4) is 0 Å². The van der Waals surface area contributed by atoms with Gasteiger partial charge in [-0.3, -0.25) is 15.0 Å². The highest BCUT2D eigenvalue weighted by Crippen LogP contribution is 2.15. The number of hydrogen-bond acceptors (Lipinski definition) is 4. The molecular weight excluding hydrogens is 390 g/mol. The van der Waals surface area contributed by atoms with Crippen molar-refractivity contribution >= 4 is 11.6 Å². The Morgan fingerprint density at radius 2 is 1.81 bits per heavy atom. The summed E-state index contributed by atoms with van der Waals surface area (Å²) in [4.78, 5) is 17.7. The molecule has 1 aliphatic heterocycles. The Kier molecular flexibility index (Phi) is 8.41. The predicted molar refractivity (Wildman–Crippen MR) is 125 cm³/mol. The number of guanidine groups is 1. The van der Waals surface area contributed by atoms with Crippen LogP contribution in [0.15, 0.2) is 59.6 Å². The zero-order valence-corrected chi connectivity index (χ0v) is 18.5. The van der Waals surface area contributed by atoms with E-state index in [2.05, 4.69) is 59.7 Å². The maximum absolute atomic E-state index is 10.8. The molecule has 2 N–H and O–H groups in total. The van der Waals surface area contributed by atoms with Gasteiger partial charge in [0, 0.05) is 43.9 Å². The molecule has 0 radical (unpaired) electrons. The highest BCUT2D eigenvalue weighted by atomic mass is 16.6. The Morgan fingerprint density at radius 1 is 1.13 bits per heavy atom. The second-order valence-electron chi connectivity index (χ2n) is 8.22. The molecule has 0 bridgehead atoms. The molecule has 2 aromatic rings. The second kappa shape index (κ2) is 11.5. The third-order valence-corrected chi connectivity index (χ3v) is 5.74. The minimum Gasteiger partial charge on any atom is -0.354 e. The zero-order valence-electron chi connectivity index (χ0n) is 18.5. The smallest absolute Gasteiger partial charge is 0.269 e. The molecule has 0 saturated carbocycles. The van der Waals surface area contributed by atoms with Crippen LogP contribution in [-0.2, 0) is 13.1 Å². The van der Waals surface area contributed by atoms with Crippen LogP contribution >= 0.6 is 0 Å². The van der Waals surface area contributed by atoms with Crippen LogP contribution < -0.4 is 10.6 Å². The molecule has 1 fully saturated rings. The van der Waals surface area contributed by atoms with Crippen molar-refractivity contribution in [1.82, 2.24) is 15.5 Å². The fourth-order valence-corrected chi connectivity index (χ4v) is 3.63. The monoisotopic (exact) mass is 423 g/mol. The van der Waals surface area contributed by atoms with Crippen LogP contribution in [0, 0.1) is 10.1 Å². The van der Waals surface area contributed by atoms with Crippen LogP contribution in [0.25, 0.3) is 0 Å². The maximum Gasteiger partial charge on any atom is 0.269 e. The third-order valence-electron chi connectivity index (χ3n) is 5.74. The van der Waals surface area contributed by atoms with E-state index in [1.165, 1.54) is 17.7 Å². The zero-order chi connectivity index (χ0) is 22.1. The Bertz CT molecular complexity index is 846. The van der Waals surface area contributed by atoms with Gasteiger partial charge in [0.15, 0.2) is 5.96 Å². The van der Waals surface area contributed by atoms with Crippen molar-refractivity contribution in [3.8, 4) is 0 Å². The van der Waals surface area contributed by atoms with E-state index in [1.54, 1.807) is 12.1 Å². The van der Waals surface area contributed by atoms with Crippen LogP contribution in [0.5, 0.6) is 0 Å². The fraction of sp³-hybridized carbons (Fsp3) is 0.458. The summed E-state index contributed by atoms with van der Waals surface area (Å²) in [6.07, 6.45) is 3.16. The minimum atomic E-state index is -0.380. The van der Waals surface area contributed by atoms with Gasteiger partial charge in [0.25, 0.3) is 5.69 Å². The minimum absolute atomic E-state index is 0.103. The molecule has 1 unspecified atom stereocenters. The summed E-state index contributed by atoms with van der Waals surface area (Å²) in [5.74, 6) is 0.814. The van der Waals surface area contributed by atoms with Gasteiger partial charge >= 0.3 is 0 Å². The van der Waals surface area contributed by atoms with Crippen molar-refractivity contribution in [3.05, 3.63) is 75.8 Å². The summed E-state index contributed by atoms with van der Waals surface area (Å²) in [6, 6.07) is 17.9. The summed E-state index contributed by atoms with van der Waals surface area (Å²) in [7, 11) is 0. The first-order chi connectivity index (χ1) is 15.0. The van der Waals surface area contributed by atoms with Crippen molar-refractivity contribution in [2.75, 3.05) is 13.1 Å². The number of benzene rings is 2. The highest BCUT2D eigenvalue weighted by Gasteiger charge is 2.20. The number of hydrogen-bond donors (Lipinski definition) is 2. The number of nitro benzene ring substituents is 1.